The largest absolute Gasteiger partial charge is 0.384 e. The van der Waals surface area contributed by atoms with Crippen molar-refractivity contribution < 1.29 is 4.79 Å². The number of primary amides is 1. The van der Waals surface area contributed by atoms with Gasteiger partial charge >= 0.3 is 0 Å². The van der Waals surface area contributed by atoms with Crippen LogP contribution in [-0.4, -0.2) is 12.5 Å². The number of rotatable bonds is 5. The Labute approximate surface area is 88.7 Å². The summed E-state index contributed by atoms with van der Waals surface area (Å²) in [5.74, 6) is -0.343. The molecule has 1 amide bonds. The number of carbonyl (C=O) groups is 1. The Balaban J connectivity index is 2.58. The molecule has 0 heterocycles. The monoisotopic (exact) mass is 203 g/mol. The molecule has 1 aromatic carbocycles. The van der Waals surface area contributed by atoms with Gasteiger partial charge in [-0.15, -0.1) is 0 Å². The zero-order chi connectivity index (χ0) is 11.1. The molecule has 0 aromatic heterocycles. The van der Waals surface area contributed by atoms with E-state index < -0.39 is 0 Å². The van der Waals surface area contributed by atoms with Crippen molar-refractivity contribution in [2.24, 2.45) is 5.73 Å². The molecule has 78 valence electrons. The van der Waals surface area contributed by atoms with Crippen LogP contribution in [0, 0.1) is 11.3 Å². The average molecular weight is 203 g/mol. The van der Waals surface area contributed by atoms with E-state index in [1.54, 1.807) is 0 Å². The van der Waals surface area contributed by atoms with Gasteiger partial charge in [-0.25, -0.2) is 0 Å². The standard InChI is InChI=1S/C11H13N3O/c12-5-2-6-14-10-4-1-3-9(7-10)8-11(13)15/h1,3-4,7,14H,2,6,8H2,(H2,13,15). The molecule has 0 bridgehead atoms. The summed E-state index contributed by atoms with van der Waals surface area (Å²) < 4.78 is 0. The van der Waals surface area contributed by atoms with E-state index in [1.807, 2.05) is 30.3 Å². The normalized spacial score (nSPS) is 9.27. The zero-order valence-electron chi connectivity index (χ0n) is 8.36. The molecule has 15 heavy (non-hydrogen) atoms. The van der Waals surface area contributed by atoms with E-state index in [-0.39, 0.29) is 12.3 Å². The maximum Gasteiger partial charge on any atom is 0.221 e. The van der Waals surface area contributed by atoms with Gasteiger partial charge < -0.3 is 11.1 Å². The highest BCUT2D eigenvalue weighted by molar-refractivity contribution is 5.76. The molecule has 1 rings (SSSR count). The highest BCUT2D eigenvalue weighted by atomic mass is 16.1. The minimum absolute atomic E-state index is 0.244. The second-order valence-electron chi connectivity index (χ2n) is 3.18. The first-order chi connectivity index (χ1) is 7.22. The van der Waals surface area contributed by atoms with Gasteiger partial charge in [0.2, 0.25) is 5.91 Å². The first kappa shape index (κ1) is 11.1. The SMILES string of the molecule is N#CCCNc1cccc(CC(N)=O)c1. The molecule has 3 N–H and O–H groups in total. The highest BCUT2D eigenvalue weighted by Crippen LogP contribution is 2.10. The number of nitriles is 1. The second-order valence-corrected chi connectivity index (χ2v) is 3.18. The average Bonchev–Trinajstić information content (AvgIpc) is 2.18. The summed E-state index contributed by atoms with van der Waals surface area (Å²) in [6, 6.07) is 9.50. The summed E-state index contributed by atoms with van der Waals surface area (Å²) in [5, 5.41) is 11.5. The second kappa shape index (κ2) is 5.66. The lowest BCUT2D eigenvalue weighted by Gasteiger charge is -2.05. The van der Waals surface area contributed by atoms with E-state index in [4.69, 9.17) is 11.0 Å². The maximum atomic E-state index is 10.7. The van der Waals surface area contributed by atoms with Crippen LogP contribution >= 0.6 is 0 Å². The molecule has 4 heteroatoms. The van der Waals surface area contributed by atoms with E-state index >= 15 is 0 Å². The third-order valence-electron chi connectivity index (χ3n) is 1.87. The van der Waals surface area contributed by atoms with Crippen molar-refractivity contribution in [1.29, 1.82) is 5.26 Å². The maximum absolute atomic E-state index is 10.7. The van der Waals surface area contributed by atoms with Gasteiger partial charge in [0.25, 0.3) is 0 Å². The van der Waals surface area contributed by atoms with Crippen molar-refractivity contribution in [2.75, 3.05) is 11.9 Å². The van der Waals surface area contributed by atoms with Gasteiger partial charge in [-0.1, -0.05) is 12.1 Å². The fourth-order valence-corrected chi connectivity index (χ4v) is 1.26. The Kier molecular flexibility index (Phi) is 4.17. The molecule has 1 aromatic rings. The predicted molar refractivity (Wildman–Crippen MR) is 58.1 cm³/mol. The molecule has 0 radical (unpaired) electrons. The molecule has 0 saturated carbocycles. The first-order valence-electron chi connectivity index (χ1n) is 4.70. The molecule has 0 atom stereocenters. The Morgan fingerprint density at radius 2 is 2.33 bits per heavy atom. The zero-order valence-corrected chi connectivity index (χ0v) is 8.36. The lowest BCUT2D eigenvalue weighted by atomic mass is 10.1. The van der Waals surface area contributed by atoms with E-state index in [0.717, 1.165) is 11.3 Å². The van der Waals surface area contributed by atoms with E-state index in [2.05, 4.69) is 5.32 Å². The van der Waals surface area contributed by atoms with Gasteiger partial charge in [-0.05, 0) is 17.7 Å². The predicted octanol–water partition coefficient (Wildman–Crippen LogP) is 1.04. The van der Waals surface area contributed by atoms with Crippen LogP contribution in [-0.2, 0) is 11.2 Å². The van der Waals surface area contributed by atoms with Crippen LogP contribution in [0.15, 0.2) is 24.3 Å². The number of amides is 1. The van der Waals surface area contributed by atoms with Crippen LogP contribution in [0.25, 0.3) is 0 Å². The number of nitrogens with one attached hydrogen (secondary N) is 1. The number of nitrogens with two attached hydrogens (primary N) is 1. The quantitative estimate of drug-likeness (QED) is 0.702. The van der Waals surface area contributed by atoms with Crippen molar-refractivity contribution in [3.8, 4) is 6.07 Å². The smallest absolute Gasteiger partial charge is 0.221 e. The Hall–Kier alpha value is -2.02. The van der Waals surface area contributed by atoms with Crippen LogP contribution in [0.5, 0.6) is 0 Å². The molecule has 4 nitrogen and oxygen atoms in total. The number of hydrogen-bond donors (Lipinski definition) is 2. The number of anilines is 1. The Morgan fingerprint density at radius 1 is 1.53 bits per heavy atom. The van der Waals surface area contributed by atoms with Gasteiger partial charge in [0.05, 0.1) is 18.9 Å². The summed E-state index contributed by atoms with van der Waals surface area (Å²) in [6.45, 7) is 0.608. The number of carbonyl (C=O) groups excluding carboxylic acids is 1. The summed E-state index contributed by atoms with van der Waals surface area (Å²) in [6.07, 6.45) is 0.702. The lowest BCUT2D eigenvalue weighted by Crippen LogP contribution is -2.13. The van der Waals surface area contributed by atoms with Crippen molar-refractivity contribution in [2.45, 2.75) is 12.8 Å². The van der Waals surface area contributed by atoms with Crippen molar-refractivity contribution in [3.05, 3.63) is 29.8 Å². The molecular formula is C11H13N3O. The van der Waals surface area contributed by atoms with Gasteiger partial charge in [0.1, 0.15) is 0 Å². The summed E-state index contributed by atoms with van der Waals surface area (Å²) in [4.78, 5) is 10.7. The van der Waals surface area contributed by atoms with E-state index in [0.29, 0.717) is 13.0 Å². The third kappa shape index (κ3) is 4.14. The van der Waals surface area contributed by atoms with Crippen molar-refractivity contribution in [1.82, 2.24) is 0 Å². The molecule has 0 aliphatic carbocycles. The number of benzene rings is 1. The van der Waals surface area contributed by atoms with Crippen LogP contribution in [0.1, 0.15) is 12.0 Å². The van der Waals surface area contributed by atoms with Gasteiger partial charge in [-0.3, -0.25) is 4.79 Å². The fourth-order valence-electron chi connectivity index (χ4n) is 1.26. The minimum Gasteiger partial charge on any atom is -0.384 e. The molecule has 0 unspecified atom stereocenters. The van der Waals surface area contributed by atoms with Gasteiger partial charge in [0, 0.05) is 12.2 Å². The topological polar surface area (TPSA) is 78.9 Å². The van der Waals surface area contributed by atoms with E-state index in [1.165, 1.54) is 0 Å². The number of hydrogen-bond acceptors (Lipinski definition) is 3. The molecular weight excluding hydrogens is 190 g/mol. The molecule has 0 aliphatic rings. The van der Waals surface area contributed by atoms with Crippen LogP contribution in [0.4, 0.5) is 5.69 Å². The molecule has 0 saturated heterocycles. The number of nitrogens with zero attached hydrogens (tertiary/aromatic N) is 1. The lowest BCUT2D eigenvalue weighted by molar-refractivity contribution is -0.117. The summed E-state index contributed by atoms with van der Waals surface area (Å²) in [5.41, 5.74) is 6.88. The van der Waals surface area contributed by atoms with Crippen LogP contribution in [0.3, 0.4) is 0 Å². The first-order valence-corrected chi connectivity index (χ1v) is 4.70. The van der Waals surface area contributed by atoms with Crippen LogP contribution in [0.2, 0.25) is 0 Å². The fraction of sp³-hybridized carbons (Fsp3) is 0.273. The summed E-state index contributed by atoms with van der Waals surface area (Å²) >= 11 is 0. The van der Waals surface area contributed by atoms with Crippen LogP contribution < -0.4 is 11.1 Å². The van der Waals surface area contributed by atoms with Crippen molar-refractivity contribution >= 4 is 11.6 Å². The van der Waals surface area contributed by atoms with Gasteiger partial charge in [-0.2, -0.15) is 5.26 Å². The molecule has 0 fully saturated rings. The highest BCUT2D eigenvalue weighted by Gasteiger charge is 1.99. The van der Waals surface area contributed by atoms with Gasteiger partial charge in [0.15, 0.2) is 0 Å². The van der Waals surface area contributed by atoms with E-state index in [9.17, 15) is 4.79 Å². The Bertz CT molecular complexity index is 382. The Morgan fingerprint density at radius 3 is 3.00 bits per heavy atom. The summed E-state index contributed by atoms with van der Waals surface area (Å²) in [7, 11) is 0. The molecule has 0 aliphatic heterocycles. The minimum atomic E-state index is -0.343. The van der Waals surface area contributed by atoms with Crippen molar-refractivity contribution in [3.63, 3.8) is 0 Å². The molecule has 0 spiro atoms. The third-order valence-corrected chi connectivity index (χ3v) is 1.87.